The summed E-state index contributed by atoms with van der Waals surface area (Å²) in [6.07, 6.45) is 1.60. The van der Waals surface area contributed by atoms with Crippen LogP contribution in [0.15, 0.2) is 18.2 Å². The number of hydrogen-bond acceptors (Lipinski definition) is 2. The first-order chi connectivity index (χ1) is 8.07. The highest BCUT2D eigenvalue weighted by atomic mass is 35.5. The van der Waals surface area contributed by atoms with Gasteiger partial charge in [-0.15, -0.1) is 0 Å². The van der Waals surface area contributed by atoms with E-state index in [9.17, 15) is 9.50 Å². The molecule has 2 nitrogen and oxygen atoms in total. The van der Waals surface area contributed by atoms with Crippen molar-refractivity contribution in [2.24, 2.45) is 0 Å². The summed E-state index contributed by atoms with van der Waals surface area (Å²) < 4.78 is 13.9. The van der Waals surface area contributed by atoms with Gasteiger partial charge >= 0.3 is 0 Å². The molecule has 1 atom stereocenters. The van der Waals surface area contributed by atoms with Crippen LogP contribution in [0.2, 0.25) is 5.02 Å². The van der Waals surface area contributed by atoms with Crippen molar-refractivity contribution in [2.75, 3.05) is 19.6 Å². The average molecular weight is 258 g/mol. The summed E-state index contributed by atoms with van der Waals surface area (Å²) in [5.74, 6) is -0.491. The van der Waals surface area contributed by atoms with Gasteiger partial charge in [-0.05, 0) is 25.5 Å². The van der Waals surface area contributed by atoms with Crippen LogP contribution < -0.4 is 0 Å². The van der Waals surface area contributed by atoms with Crippen molar-refractivity contribution in [1.82, 2.24) is 4.90 Å². The summed E-state index contributed by atoms with van der Waals surface area (Å²) in [6, 6.07) is 4.81. The highest BCUT2D eigenvalue weighted by Gasteiger charge is 2.39. The third-order valence-electron chi connectivity index (χ3n) is 3.32. The third kappa shape index (κ3) is 2.46. The standard InChI is InChI=1S/C13H17ClFNO/c1-2-7-16-8-6-13(17,9-16)10-4-3-5-11(14)12(10)15/h3-5,17H,2,6-9H2,1H3. The summed E-state index contributed by atoms with van der Waals surface area (Å²) >= 11 is 5.75. The zero-order chi connectivity index (χ0) is 12.5. The Balaban J connectivity index is 2.25. The van der Waals surface area contributed by atoms with Gasteiger partial charge < -0.3 is 10.0 Å². The molecule has 1 aliphatic rings. The quantitative estimate of drug-likeness (QED) is 0.900. The van der Waals surface area contributed by atoms with Gasteiger partial charge in [0.2, 0.25) is 0 Å². The molecule has 0 saturated carbocycles. The summed E-state index contributed by atoms with van der Waals surface area (Å²) in [4.78, 5) is 2.15. The predicted octanol–water partition coefficient (Wildman–Crippen LogP) is 2.78. The second-order valence-corrected chi connectivity index (χ2v) is 5.07. The minimum atomic E-state index is -1.09. The molecule has 1 saturated heterocycles. The van der Waals surface area contributed by atoms with E-state index in [1.807, 2.05) is 0 Å². The van der Waals surface area contributed by atoms with E-state index in [1.54, 1.807) is 12.1 Å². The molecule has 94 valence electrons. The fraction of sp³-hybridized carbons (Fsp3) is 0.538. The van der Waals surface area contributed by atoms with Gasteiger partial charge in [-0.1, -0.05) is 30.7 Å². The molecule has 2 rings (SSSR count). The molecule has 0 radical (unpaired) electrons. The molecule has 1 fully saturated rings. The molecule has 1 aromatic rings. The number of hydrogen-bond donors (Lipinski definition) is 1. The number of aliphatic hydroxyl groups is 1. The molecular formula is C13H17ClFNO. The van der Waals surface area contributed by atoms with Crippen LogP contribution in [-0.2, 0) is 5.60 Å². The van der Waals surface area contributed by atoms with Crippen LogP contribution in [0.25, 0.3) is 0 Å². The van der Waals surface area contributed by atoms with E-state index >= 15 is 0 Å². The van der Waals surface area contributed by atoms with Gasteiger partial charge in [0.1, 0.15) is 11.4 Å². The van der Waals surface area contributed by atoms with Crippen molar-refractivity contribution in [1.29, 1.82) is 0 Å². The van der Waals surface area contributed by atoms with E-state index in [0.717, 1.165) is 19.5 Å². The molecule has 1 heterocycles. The van der Waals surface area contributed by atoms with E-state index < -0.39 is 11.4 Å². The number of β-amino-alcohol motifs (C(OH)–C–C–N with tert-alkyl or cyclic N) is 1. The lowest BCUT2D eigenvalue weighted by molar-refractivity contribution is 0.0426. The summed E-state index contributed by atoms with van der Waals surface area (Å²) in [5, 5.41) is 10.6. The molecular weight excluding hydrogens is 241 g/mol. The largest absolute Gasteiger partial charge is 0.384 e. The second-order valence-electron chi connectivity index (χ2n) is 4.66. The maximum Gasteiger partial charge on any atom is 0.147 e. The molecule has 0 bridgehead atoms. The highest BCUT2D eigenvalue weighted by Crippen LogP contribution is 2.35. The lowest BCUT2D eigenvalue weighted by Gasteiger charge is -2.24. The monoisotopic (exact) mass is 257 g/mol. The van der Waals surface area contributed by atoms with E-state index in [-0.39, 0.29) is 5.02 Å². The van der Waals surface area contributed by atoms with Crippen molar-refractivity contribution in [2.45, 2.75) is 25.4 Å². The van der Waals surface area contributed by atoms with Crippen LogP contribution in [0, 0.1) is 5.82 Å². The van der Waals surface area contributed by atoms with Crippen LogP contribution in [0.4, 0.5) is 4.39 Å². The van der Waals surface area contributed by atoms with Gasteiger partial charge in [-0.25, -0.2) is 4.39 Å². The Labute approximate surface area is 106 Å². The molecule has 4 heteroatoms. The Morgan fingerprint density at radius 1 is 1.53 bits per heavy atom. The van der Waals surface area contributed by atoms with Gasteiger partial charge in [0.15, 0.2) is 0 Å². The zero-order valence-corrected chi connectivity index (χ0v) is 10.7. The number of benzene rings is 1. The summed E-state index contributed by atoms with van der Waals surface area (Å²) in [6.45, 7) is 4.32. The number of halogens is 2. The Kier molecular flexibility index (Phi) is 3.71. The summed E-state index contributed by atoms with van der Waals surface area (Å²) in [7, 11) is 0. The third-order valence-corrected chi connectivity index (χ3v) is 3.61. The van der Waals surface area contributed by atoms with Crippen molar-refractivity contribution in [3.63, 3.8) is 0 Å². The van der Waals surface area contributed by atoms with E-state index in [0.29, 0.717) is 18.5 Å². The van der Waals surface area contributed by atoms with Gasteiger partial charge in [0.25, 0.3) is 0 Å². The normalized spacial score (nSPS) is 25.4. The number of rotatable bonds is 3. The predicted molar refractivity (Wildman–Crippen MR) is 66.7 cm³/mol. The minimum absolute atomic E-state index is 0.0740. The van der Waals surface area contributed by atoms with Crippen molar-refractivity contribution in [3.05, 3.63) is 34.6 Å². The fourth-order valence-corrected chi connectivity index (χ4v) is 2.64. The SMILES string of the molecule is CCCN1CCC(O)(c2cccc(Cl)c2F)C1. The number of nitrogens with zero attached hydrogens (tertiary/aromatic N) is 1. The Morgan fingerprint density at radius 2 is 2.29 bits per heavy atom. The molecule has 1 aromatic carbocycles. The van der Waals surface area contributed by atoms with E-state index in [2.05, 4.69) is 11.8 Å². The molecule has 1 N–H and O–H groups in total. The molecule has 0 aromatic heterocycles. The van der Waals surface area contributed by atoms with Gasteiger partial charge in [-0.3, -0.25) is 0 Å². The number of likely N-dealkylation sites (tertiary alicyclic amines) is 1. The van der Waals surface area contributed by atoms with Crippen molar-refractivity contribution in [3.8, 4) is 0 Å². The van der Waals surface area contributed by atoms with Crippen molar-refractivity contribution < 1.29 is 9.50 Å². The molecule has 0 spiro atoms. The van der Waals surface area contributed by atoms with E-state index in [1.165, 1.54) is 6.07 Å². The molecule has 1 unspecified atom stereocenters. The first-order valence-corrected chi connectivity index (χ1v) is 6.34. The Hall–Kier alpha value is -0.640. The highest BCUT2D eigenvalue weighted by molar-refractivity contribution is 6.30. The van der Waals surface area contributed by atoms with E-state index in [4.69, 9.17) is 11.6 Å². The van der Waals surface area contributed by atoms with Crippen LogP contribution in [-0.4, -0.2) is 29.6 Å². The molecule has 0 aliphatic carbocycles. The van der Waals surface area contributed by atoms with Gasteiger partial charge in [0, 0.05) is 18.7 Å². The first kappa shape index (κ1) is 12.8. The maximum absolute atomic E-state index is 13.9. The molecule has 0 amide bonds. The van der Waals surface area contributed by atoms with Gasteiger partial charge in [-0.2, -0.15) is 0 Å². The maximum atomic E-state index is 13.9. The van der Waals surface area contributed by atoms with Crippen molar-refractivity contribution >= 4 is 11.6 Å². The second kappa shape index (κ2) is 4.92. The molecule has 17 heavy (non-hydrogen) atoms. The first-order valence-electron chi connectivity index (χ1n) is 5.96. The summed E-state index contributed by atoms with van der Waals surface area (Å²) in [5.41, 5.74) is -0.770. The molecule has 1 aliphatic heterocycles. The fourth-order valence-electron chi connectivity index (χ4n) is 2.46. The lowest BCUT2D eigenvalue weighted by Crippen LogP contribution is -2.32. The lowest BCUT2D eigenvalue weighted by atomic mass is 9.92. The minimum Gasteiger partial charge on any atom is -0.384 e. The van der Waals surface area contributed by atoms with Crippen LogP contribution >= 0.6 is 11.6 Å². The van der Waals surface area contributed by atoms with Crippen LogP contribution in [0.1, 0.15) is 25.3 Å². The Bertz CT molecular complexity index is 412. The zero-order valence-electron chi connectivity index (χ0n) is 9.92. The van der Waals surface area contributed by atoms with Gasteiger partial charge in [0.05, 0.1) is 5.02 Å². The smallest absolute Gasteiger partial charge is 0.147 e. The average Bonchev–Trinajstić information content (AvgIpc) is 2.66. The Morgan fingerprint density at radius 3 is 3.00 bits per heavy atom. The van der Waals surface area contributed by atoms with Crippen LogP contribution in [0.3, 0.4) is 0 Å². The van der Waals surface area contributed by atoms with Crippen LogP contribution in [0.5, 0.6) is 0 Å². The topological polar surface area (TPSA) is 23.5 Å².